The Labute approximate surface area is 122 Å². The first-order valence-electron chi connectivity index (χ1n) is 6.06. The fourth-order valence-corrected chi connectivity index (χ4v) is 2.20. The predicted octanol–water partition coefficient (Wildman–Crippen LogP) is 2.99. The van der Waals surface area contributed by atoms with Crippen molar-refractivity contribution < 1.29 is 9.79 Å². The van der Waals surface area contributed by atoms with Gasteiger partial charge in [-0.15, -0.1) is 0 Å². The van der Waals surface area contributed by atoms with E-state index in [1.54, 1.807) is 6.08 Å². The van der Waals surface area contributed by atoms with Crippen molar-refractivity contribution in [2.24, 2.45) is 5.50 Å². The van der Waals surface area contributed by atoms with Crippen molar-refractivity contribution in [1.82, 2.24) is 4.98 Å². The molecule has 1 aromatic heterocycles. The van der Waals surface area contributed by atoms with Crippen molar-refractivity contribution in [1.29, 1.82) is 5.26 Å². The molecule has 0 unspecified atom stereocenters. The number of rotatable bonds is 1. The Hall–Kier alpha value is -2.22. The van der Waals surface area contributed by atoms with Crippen LogP contribution in [0.2, 0.25) is 0 Å². The maximum atomic E-state index is 9.03. The summed E-state index contributed by atoms with van der Waals surface area (Å²) in [7, 11) is -2.12. The van der Waals surface area contributed by atoms with Crippen LogP contribution in [0.5, 0.6) is 0 Å². The molecule has 5 nitrogen and oxygen atoms in total. The quantitative estimate of drug-likeness (QED) is 0.518. The molecule has 0 radical (unpaired) electrons. The molecular formula is C15H14N3O2P. The summed E-state index contributed by atoms with van der Waals surface area (Å²) < 4.78 is 0. The summed E-state index contributed by atoms with van der Waals surface area (Å²) in [5.41, 5.74) is 8.04. The molecule has 0 spiro atoms. The van der Waals surface area contributed by atoms with E-state index in [4.69, 9.17) is 15.0 Å². The van der Waals surface area contributed by atoms with Crippen molar-refractivity contribution in [3.05, 3.63) is 54.1 Å². The van der Waals surface area contributed by atoms with E-state index in [9.17, 15) is 0 Å². The molecule has 0 saturated heterocycles. The van der Waals surface area contributed by atoms with E-state index in [1.165, 1.54) is 0 Å². The first-order chi connectivity index (χ1) is 10.1. The highest BCUT2D eigenvalue weighted by atomic mass is 31.2. The second-order valence-electron chi connectivity index (χ2n) is 4.29. The molecular weight excluding hydrogens is 285 g/mol. The van der Waals surface area contributed by atoms with Gasteiger partial charge >= 0.3 is 0 Å². The Kier molecular flexibility index (Phi) is 4.69. The average molecular weight is 299 g/mol. The fraction of sp³-hybridized carbons (Fsp3) is 0. The highest BCUT2D eigenvalue weighted by molar-refractivity contribution is 7.42. The molecule has 0 atom stereocenters. The second-order valence-corrected chi connectivity index (χ2v) is 4.94. The van der Waals surface area contributed by atoms with Crippen molar-refractivity contribution in [2.45, 2.75) is 0 Å². The molecule has 1 heterocycles. The van der Waals surface area contributed by atoms with Crippen molar-refractivity contribution in [2.75, 3.05) is 0 Å². The van der Waals surface area contributed by atoms with Crippen molar-refractivity contribution in [3.63, 3.8) is 0 Å². The number of nitrogens with zero attached hydrogens (tertiary/aromatic N) is 1. The van der Waals surface area contributed by atoms with Gasteiger partial charge < -0.3 is 14.8 Å². The van der Waals surface area contributed by atoms with Gasteiger partial charge in [0.2, 0.25) is 8.53 Å². The van der Waals surface area contributed by atoms with Crippen LogP contribution in [-0.2, 0) is 0 Å². The van der Waals surface area contributed by atoms with E-state index in [0.717, 1.165) is 27.4 Å². The van der Waals surface area contributed by atoms with E-state index in [0.29, 0.717) is 5.56 Å². The molecule has 0 aliphatic carbocycles. The zero-order chi connectivity index (χ0) is 15.4. The van der Waals surface area contributed by atoms with Gasteiger partial charge in [-0.3, -0.25) is 5.50 Å². The van der Waals surface area contributed by atoms with Crippen LogP contribution in [0.3, 0.4) is 0 Å². The SMILES string of the molecule is C=Cc1cc(C#N)cc2c1[nH]c1ccccc12.NP(O)O. The lowest BCUT2D eigenvalue weighted by Crippen LogP contribution is -1.80. The molecule has 0 aliphatic rings. The Morgan fingerprint density at radius 2 is 1.90 bits per heavy atom. The molecule has 0 aliphatic heterocycles. The maximum Gasteiger partial charge on any atom is 0.247 e. The normalized spacial score (nSPS) is 10.2. The van der Waals surface area contributed by atoms with Crippen LogP contribution < -0.4 is 5.50 Å². The number of benzene rings is 2. The number of nitrogens with two attached hydrogens (primary N) is 1. The van der Waals surface area contributed by atoms with E-state index in [-0.39, 0.29) is 0 Å². The third-order valence-corrected chi connectivity index (χ3v) is 2.99. The summed E-state index contributed by atoms with van der Waals surface area (Å²) in [6, 6.07) is 14.0. The van der Waals surface area contributed by atoms with Gasteiger partial charge in [0.25, 0.3) is 0 Å². The molecule has 6 heteroatoms. The lowest BCUT2D eigenvalue weighted by Gasteiger charge is -1.98. The van der Waals surface area contributed by atoms with Crippen LogP contribution in [0.25, 0.3) is 27.9 Å². The Balaban J connectivity index is 0.000000361. The summed E-state index contributed by atoms with van der Waals surface area (Å²) in [6.45, 7) is 3.80. The monoisotopic (exact) mass is 299 g/mol. The minimum atomic E-state index is -2.12. The van der Waals surface area contributed by atoms with E-state index < -0.39 is 8.53 Å². The highest BCUT2D eigenvalue weighted by Crippen LogP contribution is 2.29. The number of H-pyrrole nitrogens is 1. The molecule has 0 bridgehead atoms. The molecule has 0 fully saturated rings. The van der Waals surface area contributed by atoms with Gasteiger partial charge in [-0.1, -0.05) is 30.9 Å². The molecule has 0 saturated carbocycles. The molecule has 0 amide bonds. The van der Waals surface area contributed by atoms with Gasteiger partial charge in [0, 0.05) is 16.3 Å². The van der Waals surface area contributed by atoms with Crippen LogP contribution in [0.1, 0.15) is 11.1 Å². The first-order valence-corrected chi connectivity index (χ1v) is 7.38. The van der Waals surface area contributed by atoms with Crippen LogP contribution in [-0.4, -0.2) is 14.8 Å². The molecule has 5 N–H and O–H groups in total. The molecule has 3 aromatic rings. The second kappa shape index (κ2) is 6.49. The topological polar surface area (TPSA) is 106 Å². The smallest absolute Gasteiger partial charge is 0.247 e. The van der Waals surface area contributed by atoms with Crippen LogP contribution in [0.15, 0.2) is 43.0 Å². The zero-order valence-corrected chi connectivity index (χ0v) is 12.0. The van der Waals surface area contributed by atoms with Gasteiger partial charge in [0.15, 0.2) is 0 Å². The number of aromatic nitrogens is 1. The highest BCUT2D eigenvalue weighted by Gasteiger charge is 2.07. The Bertz CT molecular complexity index is 831. The van der Waals surface area contributed by atoms with Gasteiger partial charge in [-0.2, -0.15) is 5.26 Å². The van der Waals surface area contributed by atoms with Gasteiger partial charge in [-0.05, 0) is 23.8 Å². The minimum absolute atomic E-state index is 0.664. The molecule has 3 rings (SSSR count). The van der Waals surface area contributed by atoms with Crippen molar-refractivity contribution in [3.8, 4) is 6.07 Å². The minimum Gasteiger partial charge on any atom is -0.354 e. The lowest BCUT2D eigenvalue weighted by atomic mass is 10.1. The molecule has 106 valence electrons. The largest absolute Gasteiger partial charge is 0.354 e. The number of aromatic amines is 1. The van der Waals surface area contributed by atoms with Crippen molar-refractivity contribution >= 4 is 36.4 Å². The number of hydrogen-bond donors (Lipinski definition) is 4. The number of hydrogen-bond acceptors (Lipinski definition) is 4. The summed E-state index contributed by atoms with van der Waals surface area (Å²) in [4.78, 5) is 18.3. The molecule has 21 heavy (non-hydrogen) atoms. The standard InChI is InChI=1S/C15H10N2.H4NO2P/c1-2-11-7-10(9-16)8-13-12-5-3-4-6-14(12)17-15(11)13;1-4(2)3/h2-8,17H,1H2;2-3H,1H2. The van der Waals surface area contributed by atoms with Gasteiger partial charge in [0.05, 0.1) is 17.1 Å². The zero-order valence-electron chi connectivity index (χ0n) is 11.1. The van der Waals surface area contributed by atoms with Crippen LogP contribution >= 0.6 is 8.53 Å². The number of nitriles is 1. The first kappa shape index (κ1) is 15.2. The lowest BCUT2D eigenvalue weighted by molar-refractivity contribution is 0.485. The van der Waals surface area contributed by atoms with Gasteiger partial charge in [-0.25, -0.2) is 0 Å². The number of para-hydroxylation sites is 1. The summed E-state index contributed by atoms with van der Waals surface area (Å²) in [5, 5.41) is 11.3. The maximum absolute atomic E-state index is 9.03. The van der Waals surface area contributed by atoms with E-state index >= 15 is 0 Å². The number of nitrogens with one attached hydrogen (secondary N) is 1. The fourth-order valence-electron chi connectivity index (χ4n) is 2.20. The van der Waals surface area contributed by atoms with Crippen LogP contribution in [0.4, 0.5) is 0 Å². The third kappa shape index (κ3) is 3.27. The summed E-state index contributed by atoms with van der Waals surface area (Å²) >= 11 is 0. The van der Waals surface area contributed by atoms with E-state index in [1.807, 2.05) is 30.3 Å². The summed E-state index contributed by atoms with van der Waals surface area (Å²) in [6.07, 6.45) is 1.78. The Morgan fingerprint density at radius 1 is 1.24 bits per heavy atom. The molecule has 2 aromatic carbocycles. The van der Waals surface area contributed by atoms with Gasteiger partial charge in [0.1, 0.15) is 0 Å². The van der Waals surface area contributed by atoms with E-state index in [2.05, 4.69) is 29.2 Å². The third-order valence-electron chi connectivity index (χ3n) is 2.99. The van der Waals surface area contributed by atoms with Crippen LogP contribution in [0, 0.1) is 11.3 Å². The predicted molar refractivity (Wildman–Crippen MR) is 86.2 cm³/mol. The number of fused-ring (bicyclic) bond motifs is 3. The average Bonchev–Trinajstić information content (AvgIpc) is 2.84. The summed E-state index contributed by atoms with van der Waals surface area (Å²) in [5.74, 6) is 0. The Morgan fingerprint density at radius 3 is 2.52 bits per heavy atom.